The maximum atomic E-state index is 12.9. The molecule has 0 spiro atoms. The molecule has 2 amide bonds. The summed E-state index contributed by atoms with van der Waals surface area (Å²) < 4.78 is 2.06. The van der Waals surface area contributed by atoms with Crippen LogP contribution in [0.2, 0.25) is 0 Å². The zero-order valence-corrected chi connectivity index (χ0v) is 14.9. The first kappa shape index (κ1) is 17.1. The van der Waals surface area contributed by atoms with Gasteiger partial charge < -0.3 is 14.4 Å². The molecular weight excluding hydrogens is 302 g/mol. The second-order valence-corrected chi connectivity index (χ2v) is 7.25. The molecule has 0 atom stereocenters. The van der Waals surface area contributed by atoms with Crippen molar-refractivity contribution < 1.29 is 9.59 Å². The molecule has 1 aromatic heterocycles. The highest BCUT2D eigenvalue weighted by molar-refractivity contribution is 5.87. The van der Waals surface area contributed by atoms with Crippen LogP contribution >= 0.6 is 0 Å². The summed E-state index contributed by atoms with van der Waals surface area (Å²) in [5, 5.41) is 0. The van der Waals surface area contributed by atoms with Gasteiger partial charge in [-0.3, -0.25) is 9.59 Å². The minimum atomic E-state index is 0.101. The lowest BCUT2D eigenvalue weighted by Gasteiger charge is -2.28. The zero-order valence-electron chi connectivity index (χ0n) is 14.9. The van der Waals surface area contributed by atoms with E-state index < -0.39 is 0 Å². The van der Waals surface area contributed by atoms with E-state index in [4.69, 9.17) is 0 Å². The quantitative estimate of drug-likeness (QED) is 0.698. The second kappa shape index (κ2) is 7.41. The molecule has 3 rings (SSSR count). The van der Waals surface area contributed by atoms with Crippen molar-refractivity contribution in [2.45, 2.75) is 58.0 Å². The van der Waals surface area contributed by atoms with E-state index in [-0.39, 0.29) is 24.3 Å². The van der Waals surface area contributed by atoms with Crippen molar-refractivity contribution >= 4 is 11.8 Å². The van der Waals surface area contributed by atoms with Crippen LogP contribution < -0.4 is 0 Å². The Hall–Kier alpha value is -1.78. The number of carbonyl (C=O) groups is 2. The number of aromatic nitrogens is 1. The van der Waals surface area contributed by atoms with Gasteiger partial charge in [0.1, 0.15) is 0 Å². The fourth-order valence-corrected chi connectivity index (χ4v) is 3.10. The first-order valence-corrected chi connectivity index (χ1v) is 9.28. The lowest BCUT2D eigenvalue weighted by Crippen LogP contribution is -2.44. The summed E-state index contributed by atoms with van der Waals surface area (Å²) >= 11 is 0. The standard InChI is InChI=1S/C19H29N3O2/c1-3-4-12-21(19(24)15-7-8-15)14-18(23)22(16-9-10-16)13-17-6-5-11-20(17)2/h5-6,11,15-16H,3-4,7-10,12-14H2,1-2H3. The monoisotopic (exact) mass is 331 g/mol. The van der Waals surface area contributed by atoms with E-state index in [0.717, 1.165) is 44.2 Å². The number of unbranched alkanes of at least 4 members (excludes halogenated alkanes) is 1. The van der Waals surface area contributed by atoms with Crippen LogP contribution in [-0.4, -0.2) is 45.3 Å². The Kier molecular flexibility index (Phi) is 5.27. The van der Waals surface area contributed by atoms with Gasteiger partial charge in [-0.25, -0.2) is 0 Å². The molecule has 132 valence electrons. The molecule has 2 aliphatic carbocycles. The van der Waals surface area contributed by atoms with E-state index in [1.165, 1.54) is 0 Å². The molecule has 2 fully saturated rings. The highest BCUT2D eigenvalue weighted by Gasteiger charge is 2.37. The zero-order chi connectivity index (χ0) is 17.1. The Morgan fingerprint density at radius 3 is 2.54 bits per heavy atom. The number of rotatable bonds is 9. The summed E-state index contributed by atoms with van der Waals surface area (Å²) in [6.07, 6.45) is 8.17. The Bertz CT molecular complexity index is 587. The van der Waals surface area contributed by atoms with Crippen LogP contribution in [0.1, 0.15) is 51.1 Å². The van der Waals surface area contributed by atoms with Gasteiger partial charge in [0.05, 0.1) is 13.1 Å². The van der Waals surface area contributed by atoms with Gasteiger partial charge in [0.2, 0.25) is 11.8 Å². The molecule has 0 N–H and O–H groups in total. The van der Waals surface area contributed by atoms with Gasteiger partial charge >= 0.3 is 0 Å². The van der Waals surface area contributed by atoms with Gasteiger partial charge in [-0.2, -0.15) is 0 Å². The number of carbonyl (C=O) groups excluding carboxylic acids is 2. The van der Waals surface area contributed by atoms with Crippen LogP contribution in [-0.2, 0) is 23.2 Å². The predicted octanol–water partition coefficient (Wildman–Crippen LogP) is 2.55. The third kappa shape index (κ3) is 4.19. The first-order valence-electron chi connectivity index (χ1n) is 9.28. The molecule has 2 aliphatic rings. The fourth-order valence-electron chi connectivity index (χ4n) is 3.10. The molecular formula is C19H29N3O2. The van der Waals surface area contributed by atoms with Gasteiger partial charge in [-0.15, -0.1) is 0 Å². The van der Waals surface area contributed by atoms with Gasteiger partial charge in [0.25, 0.3) is 0 Å². The Balaban J connectivity index is 1.64. The average Bonchev–Trinajstić information content (AvgIpc) is 3.47. The van der Waals surface area contributed by atoms with Crippen molar-refractivity contribution in [1.82, 2.24) is 14.4 Å². The smallest absolute Gasteiger partial charge is 0.242 e. The number of nitrogens with zero attached hydrogens (tertiary/aromatic N) is 3. The van der Waals surface area contributed by atoms with Crippen LogP contribution in [0.15, 0.2) is 18.3 Å². The molecule has 0 bridgehead atoms. The first-order chi connectivity index (χ1) is 11.6. The van der Waals surface area contributed by atoms with E-state index in [2.05, 4.69) is 17.6 Å². The largest absolute Gasteiger partial charge is 0.353 e. The minimum absolute atomic E-state index is 0.101. The van der Waals surface area contributed by atoms with Crippen molar-refractivity contribution in [2.24, 2.45) is 13.0 Å². The fraction of sp³-hybridized carbons (Fsp3) is 0.684. The molecule has 0 unspecified atom stereocenters. The molecule has 0 radical (unpaired) electrons. The van der Waals surface area contributed by atoms with E-state index in [1.807, 2.05) is 29.1 Å². The van der Waals surface area contributed by atoms with Crippen molar-refractivity contribution in [3.05, 3.63) is 24.0 Å². The molecule has 1 heterocycles. The van der Waals surface area contributed by atoms with E-state index in [0.29, 0.717) is 19.1 Å². The minimum Gasteiger partial charge on any atom is -0.353 e. The summed E-state index contributed by atoms with van der Waals surface area (Å²) in [4.78, 5) is 29.2. The summed E-state index contributed by atoms with van der Waals surface area (Å²) in [5.74, 6) is 0.465. The molecule has 0 saturated heterocycles. The topological polar surface area (TPSA) is 45.6 Å². The molecule has 0 aliphatic heterocycles. The van der Waals surface area contributed by atoms with Crippen molar-refractivity contribution in [1.29, 1.82) is 0 Å². The third-order valence-electron chi connectivity index (χ3n) is 5.04. The van der Waals surface area contributed by atoms with Crippen molar-refractivity contribution in [3.8, 4) is 0 Å². The molecule has 5 heteroatoms. The molecule has 1 aromatic rings. The maximum absolute atomic E-state index is 12.9. The van der Waals surface area contributed by atoms with Crippen LogP contribution in [0.25, 0.3) is 0 Å². The SMILES string of the molecule is CCCCN(CC(=O)N(Cc1cccn1C)C1CC1)C(=O)C1CC1. The third-order valence-corrected chi connectivity index (χ3v) is 5.04. The summed E-state index contributed by atoms with van der Waals surface area (Å²) in [6.45, 7) is 3.72. The van der Waals surface area contributed by atoms with Crippen molar-refractivity contribution in [3.63, 3.8) is 0 Å². The van der Waals surface area contributed by atoms with E-state index in [9.17, 15) is 9.59 Å². The Morgan fingerprint density at radius 2 is 2.00 bits per heavy atom. The lowest BCUT2D eigenvalue weighted by molar-refractivity contribution is -0.142. The van der Waals surface area contributed by atoms with Gasteiger partial charge in [0, 0.05) is 37.4 Å². The summed E-state index contributed by atoms with van der Waals surface area (Å²) in [7, 11) is 2.01. The normalized spacial score (nSPS) is 16.9. The van der Waals surface area contributed by atoms with E-state index in [1.54, 1.807) is 0 Å². The molecule has 2 saturated carbocycles. The number of hydrogen-bond acceptors (Lipinski definition) is 2. The molecule has 24 heavy (non-hydrogen) atoms. The molecule has 0 aromatic carbocycles. The lowest BCUT2D eigenvalue weighted by atomic mass is 10.2. The molecule has 5 nitrogen and oxygen atoms in total. The van der Waals surface area contributed by atoms with Crippen LogP contribution in [0.5, 0.6) is 0 Å². The number of hydrogen-bond donors (Lipinski definition) is 0. The van der Waals surface area contributed by atoms with Crippen LogP contribution in [0.3, 0.4) is 0 Å². The Morgan fingerprint density at radius 1 is 1.25 bits per heavy atom. The van der Waals surface area contributed by atoms with Gasteiger partial charge in [-0.1, -0.05) is 13.3 Å². The van der Waals surface area contributed by atoms with Crippen LogP contribution in [0.4, 0.5) is 0 Å². The summed E-state index contributed by atoms with van der Waals surface area (Å²) in [6, 6.07) is 4.43. The highest BCUT2D eigenvalue weighted by Crippen LogP contribution is 2.32. The second-order valence-electron chi connectivity index (χ2n) is 7.25. The van der Waals surface area contributed by atoms with Gasteiger partial charge in [-0.05, 0) is 44.2 Å². The van der Waals surface area contributed by atoms with E-state index >= 15 is 0 Å². The van der Waals surface area contributed by atoms with Gasteiger partial charge in [0.15, 0.2) is 0 Å². The highest BCUT2D eigenvalue weighted by atomic mass is 16.2. The van der Waals surface area contributed by atoms with Crippen molar-refractivity contribution in [2.75, 3.05) is 13.1 Å². The summed E-state index contributed by atoms with van der Waals surface area (Å²) in [5.41, 5.74) is 1.14. The Labute approximate surface area is 144 Å². The maximum Gasteiger partial charge on any atom is 0.242 e. The predicted molar refractivity (Wildman–Crippen MR) is 93.2 cm³/mol. The number of amides is 2. The average molecular weight is 331 g/mol. The van der Waals surface area contributed by atoms with Crippen LogP contribution in [0, 0.1) is 5.92 Å². The number of aryl methyl sites for hydroxylation is 1.